The van der Waals surface area contributed by atoms with E-state index in [1.807, 2.05) is 19.4 Å². The highest BCUT2D eigenvalue weighted by Crippen LogP contribution is 2.17. The van der Waals surface area contributed by atoms with E-state index >= 15 is 0 Å². The third-order valence-corrected chi connectivity index (χ3v) is 2.85. The van der Waals surface area contributed by atoms with E-state index in [4.69, 9.17) is 5.73 Å². The van der Waals surface area contributed by atoms with Crippen LogP contribution >= 0.6 is 0 Å². The Bertz CT molecular complexity index is 474. The molecule has 0 radical (unpaired) electrons. The number of aromatic nitrogens is 2. The van der Waals surface area contributed by atoms with Crippen LogP contribution in [0, 0.1) is 6.92 Å². The van der Waals surface area contributed by atoms with Gasteiger partial charge in [0.25, 0.3) is 0 Å². The van der Waals surface area contributed by atoms with Gasteiger partial charge in [0, 0.05) is 24.8 Å². The van der Waals surface area contributed by atoms with E-state index in [1.54, 1.807) is 4.68 Å². The van der Waals surface area contributed by atoms with E-state index in [1.165, 1.54) is 11.1 Å². The van der Waals surface area contributed by atoms with Crippen molar-refractivity contribution >= 4 is 0 Å². The highest BCUT2D eigenvalue weighted by Gasteiger charge is 2.09. The second kappa shape index (κ2) is 4.49. The SMILES string of the molecule is Cc1ccccc1CC(N)c1cnn(C)c1. The first kappa shape index (κ1) is 10.9. The number of benzene rings is 1. The molecule has 1 aromatic heterocycles. The molecule has 2 rings (SSSR count). The van der Waals surface area contributed by atoms with Gasteiger partial charge in [-0.15, -0.1) is 0 Å². The fraction of sp³-hybridized carbons (Fsp3) is 0.308. The highest BCUT2D eigenvalue weighted by molar-refractivity contribution is 5.27. The predicted molar refractivity (Wildman–Crippen MR) is 65.0 cm³/mol. The molecule has 0 bridgehead atoms. The molecule has 16 heavy (non-hydrogen) atoms. The summed E-state index contributed by atoms with van der Waals surface area (Å²) in [6, 6.07) is 8.37. The number of hydrogen-bond acceptors (Lipinski definition) is 2. The van der Waals surface area contributed by atoms with Crippen molar-refractivity contribution in [3.63, 3.8) is 0 Å². The molecule has 0 fully saturated rings. The van der Waals surface area contributed by atoms with Gasteiger partial charge in [0.15, 0.2) is 0 Å². The van der Waals surface area contributed by atoms with Gasteiger partial charge < -0.3 is 5.73 Å². The minimum absolute atomic E-state index is 0.0230. The normalized spacial score (nSPS) is 12.7. The lowest BCUT2D eigenvalue weighted by Gasteiger charge is -2.11. The minimum Gasteiger partial charge on any atom is -0.324 e. The van der Waals surface area contributed by atoms with Crippen molar-refractivity contribution in [2.75, 3.05) is 0 Å². The maximum Gasteiger partial charge on any atom is 0.0537 e. The van der Waals surface area contributed by atoms with Crippen molar-refractivity contribution in [1.29, 1.82) is 0 Å². The average Bonchev–Trinajstić information content (AvgIpc) is 2.68. The molecule has 0 aliphatic heterocycles. The van der Waals surface area contributed by atoms with E-state index in [9.17, 15) is 0 Å². The Morgan fingerprint density at radius 3 is 2.75 bits per heavy atom. The van der Waals surface area contributed by atoms with E-state index in [2.05, 4.69) is 36.3 Å². The van der Waals surface area contributed by atoms with Gasteiger partial charge in [0.05, 0.1) is 6.20 Å². The van der Waals surface area contributed by atoms with Crippen molar-refractivity contribution in [2.24, 2.45) is 12.8 Å². The molecule has 1 aromatic carbocycles. The van der Waals surface area contributed by atoms with Crippen LogP contribution in [0.15, 0.2) is 36.7 Å². The van der Waals surface area contributed by atoms with Crippen molar-refractivity contribution in [1.82, 2.24) is 9.78 Å². The van der Waals surface area contributed by atoms with Gasteiger partial charge in [0.2, 0.25) is 0 Å². The lowest BCUT2D eigenvalue weighted by Crippen LogP contribution is -2.13. The average molecular weight is 215 g/mol. The topological polar surface area (TPSA) is 43.8 Å². The van der Waals surface area contributed by atoms with Gasteiger partial charge in [-0.25, -0.2) is 0 Å². The van der Waals surface area contributed by atoms with Gasteiger partial charge in [-0.2, -0.15) is 5.10 Å². The Hall–Kier alpha value is -1.61. The summed E-state index contributed by atoms with van der Waals surface area (Å²) in [4.78, 5) is 0. The fourth-order valence-corrected chi connectivity index (χ4v) is 1.83. The van der Waals surface area contributed by atoms with Crippen molar-refractivity contribution in [3.05, 3.63) is 53.3 Å². The standard InChI is InChI=1S/C13H17N3/c1-10-5-3-4-6-11(10)7-13(14)12-8-15-16(2)9-12/h3-6,8-9,13H,7,14H2,1-2H3. The molecule has 2 N–H and O–H groups in total. The molecule has 0 saturated carbocycles. The van der Waals surface area contributed by atoms with Crippen molar-refractivity contribution in [2.45, 2.75) is 19.4 Å². The minimum atomic E-state index is 0.0230. The van der Waals surface area contributed by atoms with Crippen molar-refractivity contribution in [3.8, 4) is 0 Å². The zero-order valence-corrected chi connectivity index (χ0v) is 9.72. The Morgan fingerprint density at radius 1 is 1.38 bits per heavy atom. The number of aryl methyl sites for hydroxylation is 2. The Kier molecular flexibility index (Phi) is 3.06. The first-order valence-electron chi connectivity index (χ1n) is 5.45. The Labute approximate surface area is 95.9 Å². The summed E-state index contributed by atoms with van der Waals surface area (Å²) >= 11 is 0. The molecule has 0 amide bonds. The smallest absolute Gasteiger partial charge is 0.0537 e. The number of nitrogens with zero attached hydrogens (tertiary/aromatic N) is 2. The summed E-state index contributed by atoms with van der Waals surface area (Å²) in [5.41, 5.74) is 9.84. The molecule has 3 heteroatoms. The van der Waals surface area contributed by atoms with Gasteiger partial charge in [-0.1, -0.05) is 24.3 Å². The van der Waals surface area contributed by atoms with Crippen LogP contribution in [0.1, 0.15) is 22.7 Å². The predicted octanol–water partition coefficient (Wildman–Crippen LogP) is 1.97. The summed E-state index contributed by atoms with van der Waals surface area (Å²) in [6.07, 6.45) is 4.67. The molecule has 3 nitrogen and oxygen atoms in total. The second-order valence-corrected chi connectivity index (χ2v) is 4.18. The van der Waals surface area contributed by atoms with Gasteiger partial charge in [-0.3, -0.25) is 4.68 Å². The van der Waals surface area contributed by atoms with Crippen molar-refractivity contribution < 1.29 is 0 Å². The maximum atomic E-state index is 6.16. The molecule has 0 saturated heterocycles. The molecule has 0 spiro atoms. The summed E-state index contributed by atoms with van der Waals surface area (Å²) < 4.78 is 1.78. The Balaban J connectivity index is 2.13. The third-order valence-electron chi connectivity index (χ3n) is 2.85. The largest absolute Gasteiger partial charge is 0.324 e. The number of rotatable bonds is 3. The molecule has 84 valence electrons. The fourth-order valence-electron chi connectivity index (χ4n) is 1.83. The third kappa shape index (κ3) is 2.31. The monoisotopic (exact) mass is 215 g/mol. The highest BCUT2D eigenvalue weighted by atomic mass is 15.2. The molecule has 0 aliphatic carbocycles. The summed E-state index contributed by atoms with van der Waals surface area (Å²) in [5.74, 6) is 0. The van der Waals surface area contributed by atoms with Crippen LogP contribution in [0.2, 0.25) is 0 Å². The summed E-state index contributed by atoms with van der Waals surface area (Å²) in [5, 5.41) is 4.14. The summed E-state index contributed by atoms with van der Waals surface area (Å²) in [7, 11) is 1.91. The van der Waals surface area contributed by atoms with E-state index in [0.717, 1.165) is 12.0 Å². The van der Waals surface area contributed by atoms with Crippen LogP contribution in [0.4, 0.5) is 0 Å². The quantitative estimate of drug-likeness (QED) is 0.850. The van der Waals surface area contributed by atoms with Crippen LogP contribution in [-0.4, -0.2) is 9.78 Å². The maximum absolute atomic E-state index is 6.16. The molecule has 2 aromatic rings. The molecular weight excluding hydrogens is 198 g/mol. The lowest BCUT2D eigenvalue weighted by molar-refractivity contribution is 0.714. The van der Waals surface area contributed by atoms with Crippen LogP contribution < -0.4 is 5.73 Å². The first-order valence-corrected chi connectivity index (χ1v) is 5.45. The van der Waals surface area contributed by atoms with E-state index in [-0.39, 0.29) is 6.04 Å². The molecule has 1 unspecified atom stereocenters. The van der Waals surface area contributed by atoms with Gasteiger partial charge in [-0.05, 0) is 24.5 Å². The molecule has 0 aliphatic rings. The van der Waals surface area contributed by atoms with E-state index < -0.39 is 0 Å². The lowest BCUT2D eigenvalue weighted by atomic mass is 9.99. The van der Waals surface area contributed by atoms with E-state index in [0.29, 0.717) is 0 Å². The number of nitrogens with two attached hydrogens (primary N) is 1. The number of hydrogen-bond donors (Lipinski definition) is 1. The zero-order valence-electron chi connectivity index (χ0n) is 9.72. The van der Waals surface area contributed by atoms with Gasteiger partial charge in [0.1, 0.15) is 0 Å². The zero-order chi connectivity index (χ0) is 11.5. The molecule has 1 atom stereocenters. The second-order valence-electron chi connectivity index (χ2n) is 4.18. The van der Waals surface area contributed by atoms with Crippen LogP contribution in [0.3, 0.4) is 0 Å². The van der Waals surface area contributed by atoms with Crippen LogP contribution in [0.25, 0.3) is 0 Å². The van der Waals surface area contributed by atoms with Crippen LogP contribution in [0.5, 0.6) is 0 Å². The Morgan fingerprint density at radius 2 is 2.12 bits per heavy atom. The summed E-state index contributed by atoms with van der Waals surface area (Å²) in [6.45, 7) is 2.12. The molecule has 1 heterocycles. The first-order chi connectivity index (χ1) is 7.66. The van der Waals surface area contributed by atoms with Crippen LogP contribution in [-0.2, 0) is 13.5 Å². The van der Waals surface area contributed by atoms with Gasteiger partial charge >= 0.3 is 0 Å². The molecular formula is C13H17N3.